The molecule has 0 aromatic heterocycles. The molecule has 1 rings (SSSR count). The molecule has 0 aliphatic carbocycles. The Balaban J connectivity index is 2.63. The Labute approximate surface area is 87.8 Å². The second-order valence-electron chi connectivity index (χ2n) is 3.08. The van der Waals surface area contributed by atoms with Gasteiger partial charge in [0.25, 0.3) is 0 Å². The number of benzene rings is 1. The number of hydrogen-bond acceptors (Lipinski definition) is 1. The van der Waals surface area contributed by atoms with Crippen LogP contribution in [-0.4, -0.2) is 6.04 Å². The molecule has 0 bridgehead atoms. The van der Waals surface area contributed by atoms with Gasteiger partial charge in [-0.1, -0.05) is 40.2 Å². The van der Waals surface area contributed by atoms with Gasteiger partial charge < -0.3 is 5.73 Å². The third kappa shape index (κ3) is 3.33. The van der Waals surface area contributed by atoms with E-state index in [0.29, 0.717) is 0 Å². The molecule has 2 N–H and O–H groups in total. The molecule has 1 atom stereocenters. The minimum Gasteiger partial charge on any atom is -0.327 e. The number of hydrogen-bond donors (Lipinski definition) is 1. The Hall–Kier alpha value is -0.600. The molecule has 0 aliphatic heterocycles. The molecule has 70 valence electrons. The van der Waals surface area contributed by atoms with Crippen LogP contribution >= 0.6 is 15.9 Å². The van der Waals surface area contributed by atoms with Gasteiger partial charge in [-0.15, -0.1) is 6.58 Å². The van der Waals surface area contributed by atoms with Crippen LogP contribution in [-0.2, 0) is 6.42 Å². The van der Waals surface area contributed by atoms with Crippen molar-refractivity contribution in [2.75, 3.05) is 0 Å². The van der Waals surface area contributed by atoms with Crippen molar-refractivity contribution in [2.45, 2.75) is 18.9 Å². The van der Waals surface area contributed by atoms with Crippen LogP contribution in [0.1, 0.15) is 12.0 Å². The smallest absolute Gasteiger partial charge is 0.0207 e. The molecule has 1 aromatic carbocycles. The van der Waals surface area contributed by atoms with Crippen LogP contribution in [0.15, 0.2) is 41.4 Å². The molecule has 0 saturated carbocycles. The van der Waals surface area contributed by atoms with E-state index in [2.05, 4.69) is 28.6 Å². The van der Waals surface area contributed by atoms with Gasteiger partial charge in [0.2, 0.25) is 0 Å². The summed E-state index contributed by atoms with van der Waals surface area (Å²) in [6, 6.07) is 8.34. The number of halogens is 1. The molecule has 13 heavy (non-hydrogen) atoms. The molecule has 1 nitrogen and oxygen atoms in total. The summed E-state index contributed by atoms with van der Waals surface area (Å²) >= 11 is 3.49. The van der Waals surface area contributed by atoms with Gasteiger partial charge in [0, 0.05) is 10.5 Å². The normalized spacial score (nSPS) is 12.5. The van der Waals surface area contributed by atoms with Crippen LogP contribution in [0.5, 0.6) is 0 Å². The maximum Gasteiger partial charge on any atom is 0.0207 e. The Morgan fingerprint density at radius 3 is 2.77 bits per heavy atom. The average molecular weight is 240 g/mol. The first-order valence-electron chi connectivity index (χ1n) is 4.34. The highest BCUT2D eigenvalue weighted by molar-refractivity contribution is 9.10. The van der Waals surface area contributed by atoms with Crippen LogP contribution in [0.2, 0.25) is 0 Å². The maximum atomic E-state index is 5.89. The van der Waals surface area contributed by atoms with Crippen LogP contribution in [0, 0.1) is 0 Å². The van der Waals surface area contributed by atoms with Crippen LogP contribution in [0.4, 0.5) is 0 Å². The zero-order valence-electron chi connectivity index (χ0n) is 7.54. The molecule has 2 heteroatoms. The molecular weight excluding hydrogens is 226 g/mol. The fraction of sp³-hybridized carbons (Fsp3) is 0.273. The van der Waals surface area contributed by atoms with Gasteiger partial charge in [0.1, 0.15) is 0 Å². The lowest BCUT2D eigenvalue weighted by molar-refractivity contribution is 0.678. The van der Waals surface area contributed by atoms with Gasteiger partial charge in [-0.2, -0.15) is 0 Å². The first kappa shape index (κ1) is 10.5. The third-order valence-corrected chi connectivity index (χ3v) is 2.68. The highest BCUT2D eigenvalue weighted by Gasteiger charge is 2.04. The van der Waals surface area contributed by atoms with Crippen molar-refractivity contribution >= 4 is 15.9 Å². The van der Waals surface area contributed by atoms with Gasteiger partial charge in [0.15, 0.2) is 0 Å². The number of rotatable bonds is 4. The first-order valence-corrected chi connectivity index (χ1v) is 5.13. The van der Waals surface area contributed by atoms with E-state index < -0.39 is 0 Å². The summed E-state index contributed by atoms with van der Waals surface area (Å²) in [6.07, 6.45) is 3.62. The highest BCUT2D eigenvalue weighted by Crippen LogP contribution is 2.17. The third-order valence-electron chi connectivity index (χ3n) is 1.91. The lowest BCUT2D eigenvalue weighted by Crippen LogP contribution is -2.21. The SMILES string of the molecule is C=CCC(N)Cc1ccccc1Br. The van der Waals surface area contributed by atoms with E-state index in [-0.39, 0.29) is 6.04 Å². The molecule has 0 fully saturated rings. The lowest BCUT2D eigenvalue weighted by atomic mass is 10.0. The minimum absolute atomic E-state index is 0.177. The van der Waals surface area contributed by atoms with E-state index in [4.69, 9.17) is 5.73 Å². The summed E-state index contributed by atoms with van der Waals surface area (Å²) in [4.78, 5) is 0. The Bertz CT molecular complexity index is 283. The van der Waals surface area contributed by atoms with Crippen molar-refractivity contribution in [3.8, 4) is 0 Å². The van der Waals surface area contributed by atoms with E-state index in [9.17, 15) is 0 Å². The second-order valence-corrected chi connectivity index (χ2v) is 3.93. The van der Waals surface area contributed by atoms with Crippen molar-refractivity contribution in [1.82, 2.24) is 0 Å². The monoisotopic (exact) mass is 239 g/mol. The standard InChI is InChI=1S/C11H14BrN/c1-2-5-10(13)8-9-6-3-4-7-11(9)12/h2-4,6-7,10H,1,5,8,13H2. The Morgan fingerprint density at radius 2 is 2.15 bits per heavy atom. The fourth-order valence-electron chi connectivity index (χ4n) is 1.24. The van der Waals surface area contributed by atoms with Gasteiger partial charge in [-0.05, 0) is 24.5 Å². The summed E-state index contributed by atoms with van der Waals surface area (Å²) in [5, 5.41) is 0. The molecule has 1 aromatic rings. The molecule has 0 aliphatic rings. The molecule has 0 spiro atoms. The summed E-state index contributed by atoms with van der Waals surface area (Å²) in [6.45, 7) is 3.67. The summed E-state index contributed by atoms with van der Waals surface area (Å²) in [5.41, 5.74) is 7.15. The van der Waals surface area contributed by atoms with Crippen molar-refractivity contribution in [3.63, 3.8) is 0 Å². The Morgan fingerprint density at radius 1 is 1.46 bits per heavy atom. The van der Waals surface area contributed by atoms with Crippen LogP contribution in [0.25, 0.3) is 0 Å². The maximum absolute atomic E-state index is 5.89. The van der Waals surface area contributed by atoms with Gasteiger partial charge in [-0.3, -0.25) is 0 Å². The van der Waals surface area contributed by atoms with Gasteiger partial charge in [0.05, 0.1) is 0 Å². The fourth-order valence-corrected chi connectivity index (χ4v) is 1.69. The molecule has 1 unspecified atom stereocenters. The van der Waals surface area contributed by atoms with Crippen molar-refractivity contribution in [3.05, 3.63) is 47.0 Å². The highest BCUT2D eigenvalue weighted by atomic mass is 79.9. The van der Waals surface area contributed by atoms with Crippen LogP contribution in [0.3, 0.4) is 0 Å². The lowest BCUT2D eigenvalue weighted by Gasteiger charge is -2.09. The average Bonchev–Trinajstić information content (AvgIpc) is 2.09. The molecule has 0 amide bonds. The van der Waals surface area contributed by atoms with E-state index in [0.717, 1.165) is 17.3 Å². The van der Waals surface area contributed by atoms with E-state index >= 15 is 0 Å². The first-order chi connectivity index (χ1) is 6.24. The van der Waals surface area contributed by atoms with E-state index in [1.807, 2.05) is 24.3 Å². The zero-order chi connectivity index (χ0) is 9.68. The summed E-state index contributed by atoms with van der Waals surface area (Å²) < 4.78 is 1.13. The van der Waals surface area contributed by atoms with Crippen molar-refractivity contribution < 1.29 is 0 Å². The van der Waals surface area contributed by atoms with E-state index in [1.165, 1.54) is 5.56 Å². The van der Waals surface area contributed by atoms with Gasteiger partial charge >= 0.3 is 0 Å². The summed E-state index contributed by atoms with van der Waals surface area (Å²) in [7, 11) is 0. The van der Waals surface area contributed by atoms with Crippen molar-refractivity contribution in [1.29, 1.82) is 0 Å². The quantitative estimate of drug-likeness (QED) is 0.804. The largest absolute Gasteiger partial charge is 0.327 e. The topological polar surface area (TPSA) is 26.0 Å². The van der Waals surface area contributed by atoms with Crippen LogP contribution < -0.4 is 5.73 Å². The molecular formula is C11H14BrN. The van der Waals surface area contributed by atoms with E-state index in [1.54, 1.807) is 0 Å². The second kappa shape index (κ2) is 5.20. The summed E-state index contributed by atoms with van der Waals surface area (Å²) in [5.74, 6) is 0. The predicted octanol–water partition coefficient (Wildman–Crippen LogP) is 2.90. The molecule has 0 heterocycles. The Kier molecular flexibility index (Phi) is 4.19. The number of nitrogens with two attached hydrogens (primary N) is 1. The zero-order valence-corrected chi connectivity index (χ0v) is 9.13. The molecule has 0 saturated heterocycles. The minimum atomic E-state index is 0.177. The molecule has 0 radical (unpaired) electrons. The van der Waals surface area contributed by atoms with Crippen molar-refractivity contribution in [2.24, 2.45) is 5.73 Å². The predicted molar refractivity (Wildman–Crippen MR) is 60.6 cm³/mol. The van der Waals surface area contributed by atoms with Gasteiger partial charge in [-0.25, -0.2) is 0 Å².